The third kappa shape index (κ3) is 0.813. The van der Waals surface area contributed by atoms with E-state index in [2.05, 4.69) is 14.7 Å². The van der Waals surface area contributed by atoms with Gasteiger partial charge in [-0.3, -0.25) is 9.59 Å². The third-order valence-electron chi connectivity index (χ3n) is 1.40. The Hall–Kier alpha value is -1.65. The van der Waals surface area contributed by atoms with E-state index in [1.165, 1.54) is 6.33 Å². The molecule has 0 aromatic carbocycles. The molecule has 0 aliphatic carbocycles. The highest BCUT2D eigenvalue weighted by atomic mass is 16.5. The summed E-state index contributed by atoms with van der Waals surface area (Å²) in [5.74, 6) is -0.727. The number of ether oxygens (including phenoxy) is 1. The van der Waals surface area contributed by atoms with Gasteiger partial charge in [-0.25, -0.2) is 4.98 Å². The molecule has 0 amide bonds. The Labute approximate surface area is 61.4 Å². The number of nitrogens with zero attached hydrogens (tertiary/aromatic N) is 1. The maximum Gasteiger partial charge on any atom is 0.320 e. The molecule has 5 heteroatoms. The largest absolute Gasteiger partial charge is 0.405 e. The van der Waals surface area contributed by atoms with Crippen LogP contribution in [0.1, 0.15) is 16.9 Å². The van der Waals surface area contributed by atoms with Gasteiger partial charge >= 0.3 is 5.97 Å². The second-order valence-electron chi connectivity index (χ2n) is 2.16. The first-order valence-corrected chi connectivity index (χ1v) is 3.04. The zero-order valence-corrected chi connectivity index (χ0v) is 5.46. The van der Waals surface area contributed by atoms with Gasteiger partial charge in [0.25, 0.3) is 5.88 Å². The van der Waals surface area contributed by atoms with E-state index in [0.717, 1.165) is 0 Å². The maximum atomic E-state index is 11.0. The number of nitrogens with one attached hydrogen (secondary N) is 1. The molecule has 0 unspecified atom stereocenters. The molecule has 0 atom stereocenters. The predicted octanol–water partition coefficient (Wildman–Crippen LogP) is -0.0985. The highest BCUT2D eigenvalue weighted by Crippen LogP contribution is 2.19. The Balaban J connectivity index is 2.52. The van der Waals surface area contributed by atoms with E-state index < -0.39 is 5.97 Å². The molecular weight excluding hydrogens is 148 g/mol. The molecule has 0 spiro atoms. The Bertz CT molecular complexity index is 328. The second kappa shape index (κ2) is 1.91. The van der Waals surface area contributed by atoms with Crippen molar-refractivity contribution in [1.82, 2.24) is 9.97 Å². The van der Waals surface area contributed by atoms with Crippen molar-refractivity contribution in [2.45, 2.75) is 6.42 Å². The van der Waals surface area contributed by atoms with Crippen LogP contribution in [0.25, 0.3) is 0 Å². The van der Waals surface area contributed by atoms with Crippen LogP contribution in [0.15, 0.2) is 6.33 Å². The average Bonchev–Trinajstić information content (AvgIpc) is 2.34. The van der Waals surface area contributed by atoms with Crippen molar-refractivity contribution in [3.05, 3.63) is 12.0 Å². The summed E-state index contributed by atoms with van der Waals surface area (Å²) in [5, 5.41) is 0. The highest BCUT2D eigenvalue weighted by molar-refractivity contribution is 6.09. The van der Waals surface area contributed by atoms with Crippen molar-refractivity contribution in [1.29, 1.82) is 0 Å². The molecule has 1 N–H and O–H groups in total. The minimum absolute atomic E-state index is 0.0891. The molecule has 2 heterocycles. The number of carbonyl (C=O) groups excluding carboxylic acids is 2. The zero-order chi connectivity index (χ0) is 7.84. The second-order valence-corrected chi connectivity index (χ2v) is 2.16. The number of ketones is 1. The summed E-state index contributed by atoms with van der Waals surface area (Å²) in [5.41, 5.74) is 0.282. The van der Waals surface area contributed by atoms with Gasteiger partial charge in [0, 0.05) is 0 Å². The number of H-pyrrole nitrogens is 1. The number of Topliss-reactive ketones (excluding diaryl/α,β-unsaturated/α-hetero) is 1. The first-order valence-electron chi connectivity index (χ1n) is 3.04. The highest BCUT2D eigenvalue weighted by Gasteiger charge is 2.26. The fourth-order valence-corrected chi connectivity index (χ4v) is 0.922. The van der Waals surface area contributed by atoms with Gasteiger partial charge in [0.05, 0.1) is 6.33 Å². The van der Waals surface area contributed by atoms with Gasteiger partial charge in [0.1, 0.15) is 12.1 Å². The molecule has 56 valence electrons. The summed E-state index contributed by atoms with van der Waals surface area (Å²) in [6, 6.07) is 0. The topological polar surface area (TPSA) is 72.0 Å². The fraction of sp³-hybridized carbons (Fsp3) is 0.167. The Morgan fingerprint density at radius 1 is 1.55 bits per heavy atom. The van der Waals surface area contributed by atoms with Crippen LogP contribution in [0.5, 0.6) is 5.88 Å². The number of aromatic amines is 1. The van der Waals surface area contributed by atoms with Gasteiger partial charge in [0.2, 0.25) is 0 Å². The number of hydrogen-bond acceptors (Lipinski definition) is 4. The number of rotatable bonds is 0. The van der Waals surface area contributed by atoms with Crippen LogP contribution in [0, 0.1) is 0 Å². The molecule has 1 aliphatic rings. The van der Waals surface area contributed by atoms with E-state index in [4.69, 9.17) is 0 Å². The van der Waals surface area contributed by atoms with Crippen molar-refractivity contribution in [2.75, 3.05) is 0 Å². The number of aromatic nitrogens is 2. The molecular formula is C6H4N2O3. The van der Waals surface area contributed by atoms with E-state index in [0.29, 0.717) is 0 Å². The van der Waals surface area contributed by atoms with Crippen molar-refractivity contribution in [3.63, 3.8) is 0 Å². The molecule has 0 bridgehead atoms. The van der Waals surface area contributed by atoms with Crippen molar-refractivity contribution < 1.29 is 14.3 Å². The first-order chi connectivity index (χ1) is 5.27. The molecule has 1 aromatic rings. The Morgan fingerprint density at radius 2 is 2.36 bits per heavy atom. The van der Waals surface area contributed by atoms with Crippen LogP contribution < -0.4 is 4.74 Å². The monoisotopic (exact) mass is 152 g/mol. The van der Waals surface area contributed by atoms with Gasteiger partial charge in [-0.1, -0.05) is 0 Å². The quantitative estimate of drug-likeness (QED) is 0.416. The summed E-state index contributed by atoms with van der Waals surface area (Å²) >= 11 is 0. The van der Waals surface area contributed by atoms with Crippen molar-refractivity contribution in [3.8, 4) is 5.88 Å². The number of esters is 1. The van der Waals surface area contributed by atoms with E-state index >= 15 is 0 Å². The van der Waals surface area contributed by atoms with E-state index in [-0.39, 0.29) is 23.8 Å². The Kier molecular flexibility index (Phi) is 1.06. The van der Waals surface area contributed by atoms with E-state index in [1.807, 2.05) is 0 Å². The van der Waals surface area contributed by atoms with Gasteiger partial charge < -0.3 is 9.72 Å². The number of imidazole rings is 1. The van der Waals surface area contributed by atoms with Crippen LogP contribution >= 0.6 is 0 Å². The van der Waals surface area contributed by atoms with Crippen LogP contribution in [-0.4, -0.2) is 21.7 Å². The smallest absolute Gasteiger partial charge is 0.320 e. The number of hydrogen-bond donors (Lipinski definition) is 1. The standard InChI is InChI=1S/C6H4N2O3/c9-3-1-4(10)11-6-5(3)7-2-8-6/h2H,1H2,(H,7,8). The SMILES string of the molecule is O=C1CC(=O)c2[nH]cnc2O1. The van der Waals surface area contributed by atoms with Gasteiger partial charge in [-0.2, -0.15) is 0 Å². The predicted molar refractivity (Wildman–Crippen MR) is 33.2 cm³/mol. The van der Waals surface area contributed by atoms with Crippen LogP contribution in [0.2, 0.25) is 0 Å². The van der Waals surface area contributed by atoms with Crippen molar-refractivity contribution in [2.24, 2.45) is 0 Å². The molecule has 1 aromatic heterocycles. The third-order valence-corrected chi connectivity index (χ3v) is 1.40. The summed E-state index contributed by atoms with van der Waals surface area (Å²) in [6.07, 6.45) is 1.12. The van der Waals surface area contributed by atoms with Crippen LogP contribution in [0.3, 0.4) is 0 Å². The molecule has 1 aliphatic heterocycles. The minimum Gasteiger partial charge on any atom is -0.405 e. The minimum atomic E-state index is -0.547. The van der Waals surface area contributed by atoms with Gasteiger partial charge in [0.15, 0.2) is 5.78 Å². The maximum absolute atomic E-state index is 11.0. The first kappa shape index (κ1) is 6.09. The normalized spacial score (nSPS) is 16.0. The lowest BCUT2D eigenvalue weighted by atomic mass is 10.2. The van der Waals surface area contributed by atoms with Crippen LogP contribution in [0.4, 0.5) is 0 Å². The lowest BCUT2D eigenvalue weighted by Gasteiger charge is -2.07. The van der Waals surface area contributed by atoms with E-state index in [9.17, 15) is 9.59 Å². The van der Waals surface area contributed by atoms with Crippen molar-refractivity contribution >= 4 is 11.8 Å². The zero-order valence-electron chi connectivity index (χ0n) is 5.46. The average molecular weight is 152 g/mol. The molecule has 0 radical (unpaired) electrons. The summed E-state index contributed by atoms with van der Waals surface area (Å²) < 4.78 is 4.64. The summed E-state index contributed by atoms with van der Waals surface area (Å²) in [7, 11) is 0. The molecule has 5 nitrogen and oxygen atoms in total. The molecule has 0 saturated heterocycles. The fourth-order valence-electron chi connectivity index (χ4n) is 0.922. The molecule has 11 heavy (non-hydrogen) atoms. The number of carbonyl (C=O) groups is 2. The van der Waals surface area contributed by atoms with E-state index in [1.54, 1.807) is 0 Å². The van der Waals surface area contributed by atoms with Crippen LogP contribution in [-0.2, 0) is 4.79 Å². The number of fused-ring (bicyclic) bond motifs is 1. The van der Waals surface area contributed by atoms with Gasteiger partial charge in [-0.05, 0) is 0 Å². The summed E-state index contributed by atoms with van der Waals surface area (Å²) in [4.78, 5) is 27.9. The lowest BCUT2D eigenvalue weighted by Crippen LogP contribution is -2.21. The molecule has 0 fully saturated rings. The molecule has 2 rings (SSSR count). The molecule has 0 saturated carbocycles. The lowest BCUT2D eigenvalue weighted by molar-refractivity contribution is -0.134. The summed E-state index contributed by atoms with van der Waals surface area (Å²) in [6.45, 7) is 0. The Morgan fingerprint density at radius 3 is 3.18 bits per heavy atom. The van der Waals surface area contributed by atoms with Gasteiger partial charge in [-0.15, -0.1) is 0 Å².